The quantitative estimate of drug-likeness (QED) is 0.826. The highest BCUT2D eigenvalue weighted by Crippen LogP contribution is 2.28. The van der Waals surface area contributed by atoms with Crippen LogP contribution in [0.1, 0.15) is 28.6 Å². The van der Waals surface area contributed by atoms with Gasteiger partial charge in [-0.1, -0.05) is 0 Å². The number of nitrogens with one attached hydrogen (secondary N) is 1. The Hall–Kier alpha value is -2.30. The van der Waals surface area contributed by atoms with Crippen LogP contribution in [0.2, 0.25) is 0 Å². The second-order valence-electron chi connectivity index (χ2n) is 3.36. The minimum atomic E-state index is -5.11. The third kappa shape index (κ3) is 2.51. The Morgan fingerprint density at radius 3 is 2.33 bits per heavy atom. The molecule has 1 rings (SSSR count). The Labute approximate surface area is 99.2 Å². The summed E-state index contributed by atoms with van der Waals surface area (Å²) < 4.78 is 40.9. The standard InChI is InChI=1S/C10H7F3N2O3/c1-4(16)7-5(2)18-8(6(7)3-14)15-9(17)10(11,12)13/h1-2H3,(H,15,17). The van der Waals surface area contributed by atoms with Crippen LogP contribution in [0.15, 0.2) is 4.42 Å². The zero-order chi connectivity index (χ0) is 14.1. The van der Waals surface area contributed by atoms with Crippen molar-refractivity contribution in [2.75, 3.05) is 5.32 Å². The maximum Gasteiger partial charge on any atom is 0.471 e. The molecule has 1 N–H and O–H groups in total. The number of aryl methyl sites for hydroxylation is 1. The first-order valence-electron chi connectivity index (χ1n) is 4.61. The lowest BCUT2D eigenvalue weighted by molar-refractivity contribution is -0.167. The molecular weight excluding hydrogens is 253 g/mol. The molecule has 0 fully saturated rings. The summed E-state index contributed by atoms with van der Waals surface area (Å²) in [6, 6.07) is 1.53. The summed E-state index contributed by atoms with van der Waals surface area (Å²) in [6.45, 7) is 2.44. The van der Waals surface area contributed by atoms with Gasteiger partial charge in [0.05, 0.1) is 5.56 Å². The molecule has 1 heterocycles. The highest BCUT2D eigenvalue weighted by molar-refractivity contribution is 6.01. The molecule has 0 bridgehead atoms. The number of rotatable bonds is 2. The number of nitriles is 1. The maximum absolute atomic E-state index is 12.0. The van der Waals surface area contributed by atoms with Crippen LogP contribution >= 0.6 is 0 Å². The van der Waals surface area contributed by atoms with E-state index in [-0.39, 0.29) is 11.3 Å². The molecule has 0 atom stereocenters. The van der Waals surface area contributed by atoms with Crippen molar-refractivity contribution >= 4 is 17.6 Å². The van der Waals surface area contributed by atoms with Crippen LogP contribution in [-0.2, 0) is 4.79 Å². The number of Topliss-reactive ketones (excluding diaryl/α,β-unsaturated/α-hetero) is 1. The molecule has 0 aliphatic rings. The van der Waals surface area contributed by atoms with Gasteiger partial charge in [0, 0.05) is 0 Å². The van der Waals surface area contributed by atoms with Crippen molar-refractivity contribution in [1.29, 1.82) is 5.26 Å². The number of furan rings is 1. The number of amides is 1. The van der Waals surface area contributed by atoms with Gasteiger partial charge in [-0.2, -0.15) is 18.4 Å². The Morgan fingerprint density at radius 1 is 1.39 bits per heavy atom. The van der Waals surface area contributed by atoms with Crippen LogP contribution < -0.4 is 5.32 Å². The van der Waals surface area contributed by atoms with Crippen LogP contribution in [0.25, 0.3) is 0 Å². The summed E-state index contributed by atoms with van der Waals surface area (Å²) in [6.07, 6.45) is -5.11. The van der Waals surface area contributed by atoms with Gasteiger partial charge < -0.3 is 4.42 Å². The number of carbonyl (C=O) groups excluding carboxylic acids is 2. The number of ketones is 1. The van der Waals surface area contributed by atoms with Crippen LogP contribution in [-0.4, -0.2) is 17.9 Å². The van der Waals surface area contributed by atoms with Crippen LogP contribution in [0.3, 0.4) is 0 Å². The zero-order valence-electron chi connectivity index (χ0n) is 9.31. The SMILES string of the molecule is CC(=O)c1c(C)oc(NC(=O)C(F)(F)F)c1C#N. The third-order valence-electron chi connectivity index (χ3n) is 2.03. The molecule has 5 nitrogen and oxygen atoms in total. The monoisotopic (exact) mass is 260 g/mol. The molecule has 0 saturated carbocycles. The largest absolute Gasteiger partial charge is 0.471 e. The van der Waals surface area contributed by atoms with Crippen molar-refractivity contribution in [2.45, 2.75) is 20.0 Å². The molecule has 0 saturated heterocycles. The first kappa shape index (κ1) is 13.8. The Morgan fingerprint density at radius 2 is 1.94 bits per heavy atom. The number of carbonyl (C=O) groups is 2. The van der Waals surface area contributed by atoms with Gasteiger partial charge >= 0.3 is 12.1 Å². The summed E-state index contributed by atoms with van der Waals surface area (Å²) in [5.41, 5.74) is -0.562. The normalized spacial score (nSPS) is 10.9. The molecule has 0 aliphatic carbocycles. The minimum absolute atomic E-state index is 0.0310. The number of alkyl halides is 3. The van der Waals surface area contributed by atoms with Gasteiger partial charge in [0.15, 0.2) is 5.78 Å². The van der Waals surface area contributed by atoms with E-state index in [0.717, 1.165) is 6.92 Å². The van der Waals surface area contributed by atoms with Crippen LogP contribution in [0.5, 0.6) is 0 Å². The fraction of sp³-hybridized carbons (Fsp3) is 0.300. The fourth-order valence-corrected chi connectivity index (χ4v) is 1.34. The second kappa shape index (κ2) is 4.52. The van der Waals surface area contributed by atoms with Gasteiger partial charge in [-0.3, -0.25) is 14.9 Å². The number of hydrogen-bond acceptors (Lipinski definition) is 4. The second-order valence-corrected chi connectivity index (χ2v) is 3.36. The number of nitrogens with zero attached hydrogens (tertiary/aromatic N) is 1. The van der Waals surface area contributed by atoms with Crippen LogP contribution in [0, 0.1) is 18.3 Å². The van der Waals surface area contributed by atoms with Crippen molar-refractivity contribution in [2.24, 2.45) is 0 Å². The van der Waals surface area contributed by atoms with E-state index in [9.17, 15) is 22.8 Å². The van der Waals surface area contributed by atoms with Crippen molar-refractivity contribution in [3.05, 3.63) is 16.9 Å². The van der Waals surface area contributed by atoms with Gasteiger partial charge in [-0.25, -0.2) is 0 Å². The minimum Gasteiger partial charge on any atom is -0.443 e. The summed E-state index contributed by atoms with van der Waals surface area (Å²) in [5, 5.41) is 10.2. The summed E-state index contributed by atoms with van der Waals surface area (Å²) >= 11 is 0. The molecular formula is C10H7F3N2O3. The van der Waals surface area contributed by atoms with Crippen molar-refractivity contribution in [3.63, 3.8) is 0 Å². The molecule has 8 heteroatoms. The van der Waals surface area contributed by atoms with Crippen molar-refractivity contribution in [1.82, 2.24) is 0 Å². The van der Waals surface area contributed by atoms with Gasteiger partial charge in [0.1, 0.15) is 17.4 Å². The zero-order valence-corrected chi connectivity index (χ0v) is 9.31. The highest BCUT2D eigenvalue weighted by Gasteiger charge is 2.40. The van der Waals surface area contributed by atoms with E-state index in [1.165, 1.54) is 18.3 Å². The molecule has 18 heavy (non-hydrogen) atoms. The van der Waals surface area contributed by atoms with E-state index in [4.69, 9.17) is 9.68 Å². The molecule has 1 aromatic rings. The number of halogens is 3. The first-order valence-corrected chi connectivity index (χ1v) is 4.61. The summed E-state index contributed by atoms with van der Waals surface area (Å²) in [5.74, 6) is -3.53. The topological polar surface area (TPSA) is 83.1 Å². The first-order chi connectivity index (χ1) is 8.18. The Bertz CT molecular complexity index is 552. The Balaban J connectivity index is 3.21. The van der Waals surface area contributed by atoms with Crippen molar-refractivity contribution in [3.8, 4) is 6.07 Å². The summed E-state index contributed by atoms with van der Waals surface area (Å²) in [7, 11) is 0. The van der Waals surface area contributed by atoms with E-state index < -0.39 is 29.3 Å². The van der Waals surface area contributed by atoms with Gasteiger partial charge in [-0.15, -0.1) is 0 Å². The van der Waals surface area contributed by atoms with E-state index in [2.05, 4.69) is 0 Å². The van der Waals surface area contributed by atoms with E-state index in [1.54, 1.807) is 0 Å². The molecule has 0 radical (unpaired) electrons. The van der Waals surface area contributed by atoms with E-state index in [0.29, 0.717) is 0 Å². The van der Waals surface area contributed by atoms with Gasteiger partial charge in [0.2, 0.25) is 5.88 Å². The van der Waals surface area contributed by atoms with Gasteiger partial charge in [0.25, 0.3) is 0 Å². The van der Waals surface area contributed by atoms with Gasteiger partial charge in [-0.05, 0) is 13.8 Å². The maximum atomic E-state index is 12.0. The average Bonchev–Trinajstić information content (AvgIpc) is 2.52. The molecule has 0 spiro atoms. The lowest BCUT2D eigenvalue weighted by Gasteiger charge is -2.05. The number of hydrogen-bond donors (Lipinski definition) is 1. The molecule has 96 valence electrons. The predicted molar refractivity (Wildman–Crippen MR) is 52.8 cm³/mol. The molecule has 0 unspecified atom stereocenters. The fourth-order valence-electron chi connectivity index (χ4n) is 1.34. The molecule has 0 aromatic carbocycles. The molecule has 0 aliphatic heterocycles. The lowest BCUT2D eigenvalue weighted by atomic mass is 10.1. The third-order valence-corrected chi connectivity index (χ3v) is 2.03. The smallest absolute Gasteiger partial charge is 0.443 e. The Kier molecular flexibility index (Phi) is 3.46. The average molecular weight is 260 g/mol. The predicted octanol–water partition coefficient (Wildman–Crippen LogP) is 2.16. The van der Waals surface area contributed by atoms with E-state index in [1.807, 2.05) is 0 Å². The molecule has 1 aromatic heterocycles. The van der Waals surface area contributed by atoms with Crippen molar-refractivity contribution < 1.29 is 27.2 Å². The molecule has 1 amide bonds. The lowest BCUT2D eigenvalue weighted by Crippen LogP contribution is -2.30. The van der Waals surface area contributed by atoms with Crippen LogP contribution in [0.4, 0.5) is 19.1 Å². The summed E-state index contributed by atoms with van der Waals surface area (Å²) in [4.78, 5) is 21.9. The highest BCUT2D eigenvalue weighted by atomic mass is 19.4. The number of anilines is 1. The van der Waals surface area contributed by atoms with E-state index >= 15 is 0 Å².